The summed E-state index contributed by atoms with van der Waals surface area (Å²) in [5, 5.41) is 13.1. The van der Waals surface area contributed by atoms with Crippen molar-refractivity contribution in [1.29, 1.82) is 0 Å². The number of fused-ring (bicyclic) bond motifs is 14. The first-order valence-electron chi connectivity index (χ1n) is 28.9. The third-order valence-electron chi connectivity index (χ3n) is 17.2. The van der Waals surface area contributed by atoms with Gasteiger partial charge in [-0.2, -0.15) is 0 Å². The molecule has 6 nitrogen and oxygen atoms in total. The molecule has 402 valence electrons. The summed E-state index contributed by atoms with van der Waals surface area (Å²) in [4.78, 5) is 4.67. The van der Waals surface area contributed by atoms with Gasteiger partial charge in [0.25, 0.3) is 0 Å². The molecule has 0 aliphatic carbocycles. The lowest BCUT2D eigenvalue weighted by molar-refractivity contribution is 0.572. The second-order valence-corrected chi connectivity index (χ2v) is 25.3. The highest BCUT2D eigenvalue weighted by Gasteiger charge is 2.27. The maximum Gasteiger partial charge on any atom is 0.159 e. The van der Waals surface area contributed by atoms with Gasteiger partial charge in [0.1, 0.15) is 33.5 Å². The van der Waals surface area contributed by atoms with Crippen LogP contribution in [-0.2, 0) is 10.8 Å². The van der Waals surface area contributed by atoms with E-state index in [0.29, 0.717) is 11.8 Å². The lowest BCUT2D eigenvalue weighted by Gasteiger charge is -2.26. The number of nitrogens with zero attached hydrogens (tertiary/aromatic N) is 2. The maximum atomic E-state index is 6.99. The van der Waals surface area contributed by atoms with E-state index in [1.54, 1.807) is 0 Å². The molecule has 0 aliphatic rings. The van der Waals surface area contributed by atoms with E-state index in [4.69, 9.17) is 17.7 Å². The van der Waals surface area contributed by atoms with Crippen LogP contribution in [-0.4, -0.2) is 0 Å². The first-order chi connectivity index (χ1) is 39.5. The maximum absolute atomic E-state index is 6.99. The Balaban J connectivity index is 0.831. The van der Waals surface area contributed by atoms with Crippen LogP contribution in [0.4, 0.5) is 34.1 Å². The fraction of sp³-hybridized carbons (Fsp3) is 0.184. The van der Waals surface area contributed by atoms with Gasteiger partial charge in [-0.1, -0.05) is 166 Å². The monoisotopic (exact) mass is 1070 g/mol. The van der Waals surface area contributed by atoms with E-state index in [-0.39, 0.29) is 10.8 Å². The Morgan fingerprint density at radius 1 is 0.293 bits per heavy atom. The van der Waals surface area contributed by atoms with Crippen LogP contribution in [0.5, 0.6) is 0 Å². The van der Waals surface area contributed by atoms with Gasteiger partial charge >= 0.3 is 0 Å². The minimum absolute atomic E-state index is 0.0869. The summed E-state index contributed by atoms with van der Waals surface area (Å²) in [6.45, 7) is 22.4. The molecule has 0 N–H and O–H groups in total. The molecule has 0 fully saturated rings. The van der Waals surface area contributed by atoms with Crippen LogP contribution >= 0.6 is 0 Å². The molecular weight excluding hydrogens is 1000 g/mol. The van der Waals surface area contributed by atoms with Gasteiger partial charge in [-0.05, 0) is 146 Å². The molecule has 0 amide bonds. The number of hydrogen-bond donors (Lipinski definition) is 0. The van der Waals surface area contributed by atoms with Crippen LogP contribution in [0, 0.1) is 0 Å². The van der Waals surface area contributed by atoms with Gasteiger partial charge in [0.15, 0.2) is 11.2 Å². The van der Waals surface area contributed by atoms with E-state index >= 15 is 0 Å². The highest BCUT2D eigenvalue weighted by atomic mass is 16.3. The quantitative estimate of drug-likeness (QED) is 0.151. The van der Waals surface area contributed by atoms with Crippen molar-refractivity contribution in [2.45, 2.75) is 91.9 Å². The molecule has 0 atom stereocenters. The zero-order valence-electron chi connectivity index (χ0n) is 48.2. The highest BCUT2D eigenvalue weighted by Crippen LogP contribution is 2.48. The van der Waals surface area contributed by atoms with E-state index in [2.05, 4.69) is 273 Å². The minimum Gasteiger partial charge on any atom is -0.456 e. The molecular formula is C76H64N2O4. The van der Waals surface area contributed by atoms with Gasteiger partial charge in [0, 0.05) is 83.0 Å². The summed E-state index contributed by atoms with van der Waals surface area (Å²) in [6, 6.07) is 70.8. The Labute approximate surface area is 476 Å². The number of anilines is 6. The van der Waals surface area contributed by atoms with Gasteiger partial charge in [0.05, 0.1) is 11.4 Å². The Hall–Kier alpha value is -9.26. The zero-order chi connectivity index (χ0) is 56.1. The smallest absolute Gasteiger partial charge is 0.159 e. The van der Waals surface area contributed by atoms with Crippen LogP contribution in [0.15, 0.2) is 212 Å². The Morgan fingerprint density at radius 3 is 1.04 bits per heavy atom. The first-order valence-corrected chi connectivity index (χ1v) is 28.9. The third-order valence-corrected chi connectivity index (χ3v) is 17.2. The number of benzene rings is 11. The molecule has 0 saturated heterocycles. The van der Waals surface area contributed by atoms with Crippen molar-refractivity contribution >= 4 is 143 Å². The minimum atomic E-state index is -0.0869. The molecule has 11 aromatic carbocycles. The van der Waals surface area contributed by atoms with Crippen molar-refractivity contribution in [2.24, 2.45) is 0 Å². The molecule has 15 aromatic rings. The molecule has 6 heteroatoms. The zero-order valence-corrected chi connectivity index (χ0v) is 48.2. The summed E-state index contributed by atoms with van der Waals surface area (Å²) in [5.41, 5.74) is 17.8. The van der Waals surface area contributed by atoms with Crippen LogP contribution in [0.1, 0.15) is 103 Å². The van der Waals surface area contributed by atoms with Gasteiger partial charge in [-0.3, -0.25) is 0 Å². The second-order valence-electron chi connectivity index (χ2n) is 25.3. The first kappa shape index (κ1) is 49.8. The molecule has 4 aromatic heterocycles. The number of para-hydroxylation sites is 4. The fourth-order valence-corrected chi connectivity index (χ4v) is 12.8. The Kier molecular flexibility index (Phi) is 11.0. The number of rotatable bonds is 8. The molecule has 0 aliphatic heterocycles. The highest BCUT2D eigenvalue weighted by molar-refractivity contribution is 6.19. The summed E-state index contributed by atoms with van der Waals surface area (Å²) in [7, 11) is 0. The average molecular weight is 1070 g/mol. The van der Waals surface area contributed by atoms with Gasteiger partial charge < -0.3 is 27.5 Å². The standard InChI is InChI=1S/C76H64N2O4/c1-43(2)45-23-29-51(30-24-45)77(65-21-13-17-57-55-15-11-19-63(75(5,6)7)71(55)81-73(57)65)53-33-27-47-37-59-61-41-62-60-38-48-28-34-54(36-50(48)40-68(60)80-70(62)42-69(61)79-67(59)39-49(47)35-53)78(52-31-25-46(26-32-52)44(3)4)66-22-14-18-58-56-16-12-20-64(76(8,9)10)72(56)82-74(58)66/h11-44H,1-10H3. The fourth-order valence-electron chi connectivity index (χ4n) is 12.8. The van der Waals surface area contributed by atoms with Gasteiger partial charge in [0.2, 0.25) is 0 Å². The molecule has 0 radical (unpaired) electrons. The lowest BCUT2D eigenvalue weighted by Crippen LogP contribution is -2.11. The van der Waals surface area contributed by atoms with E-state index in [1.165, 1.54) is 22.3 Å². The van der Waals surface area contributed by atoms with Crippen LogP contribution in [0.25, 0.3) is 109 Å². The average Bonchev–Trinajstić information content (AvgIpc) is 4.08. The van der Waals surface area contributed by atoms with Crippen molar-refractivity contribution in [3.63, 3.8) is 0 Å². The van der Waals surface area contributed by atoms with Crippen LogP contribution in [0.3, 0.4) is 0 Å². The molecule has 0 saturated carbocycles. The van der Waals surface area contributed by atoms with E-state index < -0.39 is 0 Å². The predicted molar refractivity (Wildman–Crippen MR) is 346 cm³/mol. The lowest BCUT2D eigenvalue weighted by atomic mass is 9.86. The normalized spacial score (nSPS) is 12.7. The summed E-state index contributed by atoms with van der Waals surface area (Å²) in [6.07, 6.45) is 0. The molecule has 82 heavy (non-hydrogen) atoms. The van der Waals surface area contributed by atoms with Crippen molar-refractivity contribution in [2.75, 3.05) is 9.80 Å². The summed E-state index contributed by atoms with van der Waals surface area (Å²) in [5.74, 6) is 0.828. The SMILES string of the molecule is CC(C)c1ccc(N(c2ccc3cc4c(cc3c2)oc2cc3oc5cc6cc(N(c7ccc(C(C)C)cc7)c7cccc8c7oc7c(C(C)(C)C)cccc78)ccc6cc5c3cc24)c2cccc3c2oc2c(C(C)(C)C)cccc23)cc1. The summed E-state index contributed by atoms with van der Waals surface area (Å²) < 4.78 is 27.6. The Bertz CT molecular complexity index is 4750. The topological polar surface area (TPSA) is 59.0 Å². The predicted octanol–water partition coefficient (Wildman–Crippen LogP) is 23.4. The van der Waals surface area contributed by atoms with Crippen molar-refractivity contribution in [3.05, 3.63) is 216 Å². The Morgan fingerprint density at radius 2 is 0.646 bits per heavy atom. The van der Waals surface area contributed by atoms with E-state index in [1.807, 2.05) is 0 Å². The number of hydrogen-bond acceptors (Lipinski definition) is 6. The van der Waals surface area contributed by atoms with Crippen molar-refractivity contribution < 1.29 is 17.7 Å². The largest absolute Gasteiger partial charge is 0.456 e. The van der Waals surface area contributed by atoms with Crippen molar-refractivity contribution in [3.8, 4) is 0 Å². The van der Waals surface area contributed by atoms with Crippen LogP contribution < -0.4 is 9.80 Å². The van der Waals surface area contributed by atoms with E-state index in [9.17, 15) is 0 Å². The molecule has 15 rings (SSSR count). The third kappa shape index (κ3) is 7.90. The van der Waals surface area contributed by atoms with Crippen LogP contribution in [0.2, 0.25) is 0 Å². The molecule has 0 unspecified atom stereocenters. The molecule has 0 spiro atoms. The molecule has 4 heterocycles. The molecule has 0 bridgehead atoms. The van der Waals surface area contributed by atoms with Crippen molar-refractivity contribution in [1.82, 2.24) is 0 Å². The van der Waals surface area contributed by atoms with E-state index in [0.717, 1.165) is 143 Å². The van der Waals surface area contributed by atoms with Gasteiger partial charge in [-0.25, -0.2) is 0 Å². The number of furan rings is 4. The second kappa shape index (κ2) is 18.1. The van der Waals surface area contributed by atoms with Gasteiger partial charge in [-0.15, -0.1) is 0 Å². The summed E-state index contributed by atoms with van der Waals surface area (Å²) >= 11 is 0.